The van der Waals surface area contributed by atoms with Crippen LogP contribution in [0.2, 0.25) is 0 Å². The van der Waals surface area contributed by atoms with Crippen molar-refractivity contribution in [2.75, 3.05) is 32.8 Å². The lowest BCUT2D eigenvalue weighted by molar-refractivity contribution is 0.0820. The third kappa shape index (κ3) is 5.25. The summed E-state index contributed by atoms with van der Waals surface area (Å²) in [7, 11) is 0. The average molecular weight is 256 g/mol. The molecule has 3 heteroatoms. The Balaban J connectivity index is 2.46. The van der Waals surface area contributed by atoms with Gasteiger partial charge in [-0.2, -0.15) is 0 Å². The Labute approximate surface area is 113 Å². The van der Waals surface area contributed by atoms with Crippen molar-refractivity contribution in [1.29, 1.82) is 0 Å². The van der Waals surface area contributed by atoms with Gasteiger partial charge < -0.3 is 10.1 Å². The van der Waals surface area contributed by atoms with E-state index in [1.165, 1.54) is 6.42 Å². The summed E-state index contributed by atoms with van der Waals surface area (Å²) in [5.74, 6) is 0. The van der Waals surface area contributed by atoms with Crippen molar-refractivity contribution >= 4 is 0 Å². The van der Waals surface area contributed by atoms with Crippen molar-refractivity contribution in [2.45, 2.75) is 59.5 Å². The molecule has 0 aromatic rings. The minimum Gasteiger partial charge on any atom is -0.380 e. The highest BCUT2D eigenvalue weighted by Gasteiger charge is 2.30. The van der Waals surface area contributed by atoms with E-state index in [9.17, 15) is 0 Å². The summed E-state index contributed by atoms with van der Waals surface area (Å²) in [5.41, 5.74) is 0.326. The monoisotopic (exact) mass is 256 g/mol. The van der Waals surface area contributed by atoms with Gasteiger partial charge in [0, 0.05) is 31.8 Å². The molecule has 0 aromatic heterocycles. The van der Waals surface area contributed by atoms with Crippen LogP contribution < -0.4 is 5.32 Å². The molecular formula is C15H32N2O. The van der Waals surface area contributed by atoms with E-state index in [0.717, 1.165) is 39.3 Å². The molecule has 1 aliphatic rings. The molecule has 1 saturated heterocycles. The molecule has 18 heavy (non-hydrogen) atoms. The number of hydrogen-bond acceptors (Lipinski definition) is 3. The fourth-order valence-corrected chi connectivity index (χ4v) is 2.45. The fraction of sp³-hybridized carbons (Fsp3) is 1.00. The number of hydrogen-bond donors (Lipinski definition) is 1. The van der Waals surface area contributed by atoms with Gasteiger partial charge in [0.25, 0.3) is 0 Å². The van der Waals surface area contributed by atoms with E-state index in [4.69, 9.17) is 4.74 Å². The van der Waals surface area contributed by atoms with E-state index < -0.39 is 0 Å². The van der Waals surface area contributed by atoms with Crippen LogP contribution in [0.1, 0.15) is 47.5 Å². The van der Waals surface area contributed by atoms with Crippen LogP contribution in [0.15, 0.2) is 0 Å². The predicted octanol–water partition coefficient (Wildman–Crippen LogP) is 2.51. The summed E-state index contributed by atoms with van der Waals surface area (Å²) in [4.78, 5) is 2.59. The molecule has 2 unspecified atom stereocenters. The standard InChI is InChI=1S/C15H32N2O/c1-6-10-18-11-9-17-12-14(15(3,4)5)16-8-7-13(17)2/h13-14,16H,6-12H2,1-5H3. The van der Waals surface area contributed by atoms with Crippen LogP contribution in [0.25, 0.3) is 0 Å². The van der Waals surface area contributed by atoms with Gasteiger partial charge in [-0.1, -0.05) is 27.7 Å². The Kier molecular flexibility index (Phi) is 6.61. The highest BCUT2D eigenvalue weighted by Crippen LogP contribution is 2.23. The van der Waals surface area contributed by atoms with Gasteiger partial charge in [-0.3, -0.25) is 4.90 Å². The molecule has 108 valence electrons. The van der Waals surface area contributed by atoms with Gasteiger partial charge in [-0.25, -0.2) is 0 Å². The first kappa shape index (κ1) is 15.9. The molecule has 0 aliphatic carbocycles. The molecule has 1 N–H and O–H groups in total. The number of rotatable bonds is 5. The summed E-state index contributed by atoms with van der Waals surface area (Å²) >= 11 is 0. The first-order chi connectivity index (χ1) is 8.45. The fourth-order valence-electron chi connectivity index (χ4n) is 2.45. The Morgan fingerprint density at radius 1 is 1.28 bits per heavy atom. The van der Waals surface area contributed by atoms with E-state index in [1.807, 2.05) is 0 Å². The minimum absolute atomic E-state index is 0.326. The second-order valence-corrected chi connectivity index (χ2v) is 6.62. The molecule has 1 heterocycles. The van der Waals surface area contributed by atoms with Crippen molar-refractivity contribution in [2.24, 2.45) is 5.41 Å². The zero-order valence-electron chi connectivity index (χ0n) is 13.0. The molecule has 0 amide bonds. The van der Waals surface area contributed by atoms with Crippen LogP contribution >= 0.6 is 0 Å². The van der Waals surface area contributed by atoms with Crippen molar-refractivity contribution in [3.05, 3.63) is 0 Å². The predicted molar refractivity (Wildman–Crippen MR) is 78.0 cm³/mol. The average Bonchev–Trinajstić information content (AvgIpc) is 2.47. The van der Waals surface area contributed by atoms with Crippen LogP contribution in [-0.4, -0.2) is 49.8 Å². The third-order valence-corrected chi connectivity index (χ3v) is 3.91. The Bertz CT molecular complexity index is 225. The Hall–Kier alpha value is -0.120. The SMILES string of the molecule is CCCOCCN1CC(C(C)(C)C)NCCC1C. The van der Waals surface area contributed by atoms with Gasteiger partial charge in [0.1, 0.15) is 0 Å². The smallest absolute Gasteiger partial charge is 0.0593 e. The van der Waals surface area contributed by atoms with Crippen LogP contribution in [-0.2, 0) is 4.74 Å². The Morgan fingerprint density at radius 2 is 2.00 bits per heavy atom. The molecule has 2 atom stereocenters. The van der Waals surface area contributed by atoms with E-state index >= 15 is 0 Å². The second-order valence-electron chi connectivity index (χ2n) is 6.62. The Morgan fingerprint density at radius 3 is 2.61 bits per heavy atom. The van der Waals surface area contributed by atoms with Crippen LogP contribution in [0.3, 0.4) is 0 Å². The summed E-state index contributed by atoms with van der Waals surface area (Å²) < 4.78 is 5.63. The summed E-state index contributed by atoms with van der Waals surface area (Å²) in [6.07, 6.45) is 2.35. The zero-order valence-corrected chi connectivity index (χ0v) is 13.0. The largest absolute Gasteiger partial charge is 0.380 e. The third-order valence-electron chi connectivity index (χ3n) is 3.91. The molecule has 3 nitrogen and oxygen atoms in total. The maximum Gasteiger partial charge on any atom is 0.0593 e. The normalized spacial score (nSPS) is 27.2. The van der Waals surface area contributed by atoms with Gasteiger partial charge in [0.05, 0.1) is 6.61 Å². The van der Waals surface area contributed by atoms with E-state index in [2.05, 4.69) is 44.8 Å². The molecule has 0 spiro atoms. The number of nitrogens with one attached hydrogen (secondary N) is 1. The van der Waals surface area contributed by atoms with E-state index in [1.54, 1.807) is 0 Å². The molecule has 0 bridgehead atoms. The quantitative estimate of drug-likeness (QED) is 0.765. The second kappa shape index (κ2) is 7.46. The van der Waals surface area contributed by atoms with Gasteiger partial charge in [0.15, 0.2) is 0 Å². The highest BCUT2D eigenvalue weighted by molar-refractivity contribution is 4.88. The molecule has 0 saturated carbocycles. The van der Waals surface area contributed by atoms with Crippen LogP contribution in [0, 0.1) is 5.41 Å². The molecule has 0 aromatic carbocycles. The maximum absolute atomic E-state index is 5.63. The molecule has 1 aliphatic heterocycles. The number of ether oxygens (including phenoxy) is 1. The summed E-state index contributed by atoms with van der Waals surface area (Å²) in [5, 5.41) is 3.70. The van der Waals surface area contributed by atoms with Crippen molar-refractivity contribution < 1.29 is 4.74 Å². The first-order valence-corrected chi connectivity index (χ1v) is 7.50. The van der Waals surface area contributed by atoms with Gasteiger partial charge >= 0.3 is 0 Å². The van der Waals surface area contributed by atoms with Crippen molar-refractivity contribution in [3.63, 3.8) is 0 Å². The van der Waals surface area contributed by atoms with Crippen LogP contribution in [0.5, 0.6) is 0 Å². The molecule has 0 radical (unpaired) electrons. The molecule has 1 fully saturated rings. The van der Waals surface area contributed by atoms with Crippen molar-refractivity contribution in [3.8, 4) is 0 Å². The van der Waals surface area contributed by atoms with Gasteiger partial charge in [-0.05, 0) is 31.7 Å². The summed E-state index contributed by atoms with van der Waals surface area (Å²) in [6.45, 7) is 16.6. The van der Waals surface area contributed by atoms with Gasteiger partial charge in [0.2, 0.25) is 0 Å². The highest BCUT2D eigenvalue weighted by atomic mass is 16.5. The van der Waals surface area contributed by atoms with Crippen LogP contribution in [0.4, 0.5) is 0 Å². The van der Waals surface area contributed by atoms with E-state index in [0.29, 0.717) is 17.5 Å². The summed E-state index contributed by atoms with van der Waals surface area (Å²) in [6, 6.07) is 1.24. The molecular weight excluding hydrogens is 224 g/mol. The lowest BCUT2D eigenvalue weighted by Crippen LogP contribution is -2.48. The lowest BCUT2D eigenvalue weighted by Gasteiger charge is -2.35. The van der Waals surface area contributed by atoms with E-state index in [-0.39, 0.29) is 0 Å². The number of nitrogens with zero attached hydrogens (tertiary/aromatic N) is 1. The van der Waals surface area contributed by atoms with Crippen molar-refractivity contribution in [1.82, 2.24) is 10.2 Å². The zero-order chi connectivity index (χ0) is 13.6. The lowest BCUT2D eigenvalue weighted by atomic mass is 9.86. The topological polar surface area (TPSA) is 24.5 Å². The molecule has 1 rings (SSSR count). The van der Waals surface area contributed by atoms with Gasteiger partial charge in [-0.15, -0.1) is 0 Å². The minimum atomic E-state index is 0.326. The first-order valence-electron chi connectivity index (χ1n) is 7.50. The maximum atomic E-state index is 5.63.